The molecule has 0 amide bonds. The summed E-state index contributed by atoms with van der Waals surface area (Å²) in [4.78, 5) is 43.7. The molecule has 0 saturated heterocycles. The number of methoxy groups -OCH3 is 4. The quantitative estimate of drug-likeness (QED) is 0.0805. The molecule has 0 aliphatic heterocycles. The van der Waals surface area contributed by atoms with E-state index >= 15 is 0 Å². The number of benzene rings is 2. The molecule has 47 heavy (non-hydrogen) atoms. The van der Waals surface area contributed by atoms with Crippen LogP contribution in [0.5, 0.6) is 0 Å². The summed E-state index contributed by atoms with van der Waals surface area (Å²) in [6.45, 7) is 13.1. The minimum atomic E-state index is -1.53. The Labute approximate surface area is 284 Å². The van der Waals surface area contributed by atoms with Gasteiger partial charge in [-0.05, 0) is 24.3 Å². The second kappa shape index (κ2) is 22.3. The molecule has 256 valence electrons. The Bertz CT molecular complexity index is 1580. The lowest BCUT2D eigenvalue weighted by Gasteiger charge is -2.11. The number of para-hydroxylation sites is 2. The van der Waals surface area contributed by atoms with Crippen LogP contribution in [0.1, 0.15) is 21.4 Å². The molecule has 0 radical (unpaired) electrons. The number of nitrogen functional groups attached to an aromatic ring is 1. The number of rotatable bonds is 4. The molecule has 3 N–H and O–H groups in total. The standard InChI is InChI=1S/C17H21NO4Si.C11H15NSi.C6H6O4.CH4.2H2/c1-21-16(19)12-15(17(20)22-2)18-14-9-7-6-8-13(14)10-11-23(3,4)5;1-13(2,3)9-8-10-6-4-5-7-11(10)12;1-9-5(7)3-4-6(8)10-2;;;/h6-9,12,18H,1-5H3;4-7H,12H2,1-3H3;1-2H3;1H4;2*1H/b15-12-;;;;;. The molecule has 0 aromatic heterocycles. The largest absolute Gasteiger partial charge is 0.466 e. The molecule has 2 aromatic rings. The van der Waals surface area contributed by atoms with E-state index < -0.39 is 40.0 Å². The van der Waals surface area contributed by atoms with Crippen LogP contribution in [0.15, 0.2) is 60.3 Å². The summed E-state index contributed by atoms with van der Waals surface area (Å²) in [7, 11) is 2.02. The highest BCUT2D eigenvalue weighted by molar-refractivity contribution is 6.84. The highest BCUT2D eigenvalue weighted by Gasteiger charge is 2.14. The van der Waals surface area contributed by atoms with Gasteiger partial charge in [-0.15, -0.1) is 11.1 Å². The van der Waals surface area contributed by atoms with Gasteiger partial charge in [0.25, 0.3) is 0 Å². The van der Waals surface area contributed by atoms with Crippen LogP contribution < -0.4 is 11.1 Å². The predicted molar refractivity (Wildman–Crippen MR) is 196 cm³/mol. The first-order valence-corrected chi connectivity index (χ1v) is 20.8. The van der Waals surface area contributed by atoms with Crippen LogP contribution in [0.3, 0.4) is 0 Å². The smallest absolute Gasteiger partial charge is 0.384 e. The first-order valence-electron chi connectivity index (χ1n) is 13.8. The Hall–Kier alpha value is -5.23. The molecule has 0 aliphatic carbocycles. The van der Waals surface area contributed by atoms with Gasteiger partial charge in [0.2, 0.25) is 0 Å². The van der Waals surface area contributed by atoms with Crippen LogP contribution in [0.25, 0.3) is 0 Å². The Balaban J connectivity index is -0.000000332. The summed E-state index contributed by atoms with van der Waals surface area (Å²) >= 11 is 0. The normalized spacial score (nSPS) is 9.79. The molecule has 0 saturated carbocycles. The third-order valence-corrected chi connectivity index (χ3v) is 6.56. The molecular weight excluding hydrogens is 633 g/mol. The number of hydrogen-bond acceptors (Lipinski definition) is 10. The maximum absolute atomic E-state index is 11.8. The number of carbonyl (C=O) groups is 4. The van der Waals surface area contributed by atoms with Crippen LogP contribution in [-0.4, -0.2) is 68.5 Å². The zero-order valence-corrected chi connectivity index (χ0v) is 30.0. The van der Waals surface area contributed by atoms with Crippen molar-refractivity contribution in [2.24, 2.45) is 0 Å². The van der Waals surface area contributed by atoms with E-state index in [1.54, 1.807) is 6.07 Å². The summed E-state index contributed by atoms with van der Waals surface area (Å²) in [6, 6.07) is 15.0. The first kappa shape index (κ1) is 43.9. The number of carbonyl (C=O) groups excluding carboxylic acids is 4. The Morgan fingerprint density at radius 1 is 0.702 bits per heavy atom. The summed E-state index contributed by atoms with van der Waals surface area (Å²) in [5.74, 6) is 7.24. The number of anilines is 2. The monoisotopic (exact) mass is 682 g/mol. The molecule has 0 aliphatic rings. The Kier molecular flexibility index (Phi) is 20.8. The van der Waals surface area contributed by atoms with E-state index in [4.69, 9.17) is 5.73 Å². The number of ether oxygens (including phenoxy) is 4. The van der Waals surface area contributed by atoms with Crippen molar-refractivity contribution >= 4 is 51.4 Å². The number of nitrogens with two attached hydrogens (primary N) is 1. The predicted octanol–water partition coefficient (Wildman–Crippen LogP) is 5.52. The second-order valence-electron chi connectivity index (χ2n) is 11.1. The lowest BCUT2D eigenvalue weighted by atomic mass is 10.2. The zero-order chi connectivity index (χ0) is 35.3. The lowest BCUT2D eigenvalue weighted by Crippen LogP contribution is -2.17. The fourth-order valence-corrected chi connectivity index (χ4v) is 3.62. The van der Waals surface area contributed by atoms with Gasteiger partial charge in [-0.3, -0.25) is 0 Å². The molecular formula is C35H50N2O8Si2. The van der Waals surface area contributed by atoms with Crippen LogP contribution in [-0.2, 0) is 38.1 Å². The molecule has 2 rings (SSSR count). The lowest BCUT2D eigenvalue weighted by molar-refractivity contribution is -0.138. The van der Waals surface area contributed by atoms with Gasteiger partial charge in [0.1, 0.15) is 21.8 Å². The van der Waals surface area contributed by atoms with Crippen LogP contribution in [0, 0.1) is 34.8 Å². The van der Waals surface area contributed by atoms with Gasteiger partial charge in [0.15, 0.2) is 0 Å². The molecule has 10 nitrogen and oxygen atoms in total. The van der Waals surface area contributed by atoms with E-state index in [2.05, 4.69) is 86.5 Å². The second-order valence-corrected chi connectivity index (χ2v) is 20.6. The molecule has 12 heteroatoms. The maximum Gasteiger partial charge on any atom is 0.384 e. The Morgan fingerprint density at radius 3 is 1.57 bits per heavy atom. The van der Waals surface area contributed by atoms with Crippen molar-refractivity contribution in [1.82, 2.24) is 0 Å². The average Bonchev–Trinajstić information content (AvgIpc) is 3.01. The van der Waals surface area contributed by atoms with Gasteiger partial charge >= 0.3 is 23.9 Å². The third kappa shape index (κ3) is 21.2. The molecule has 0 bridgehead atoms. The molecule has 0 atom stereocenters. The molecule has 0 heterocycles. The highest BCUT2D eigenvalue weighted by Crippen LogP contribution is 2.17. The van der Waals surface area contributed by atoms with E-state index in [-0.39, 0.29) is 16.0 Å². The first-order chi connectivity index (χ1) is 21.5. The SMILES string of the molecule is C.COC(=O)/C=C(\Nc1ccccc1C#C[Si](C)(C)C)C(=O)OC.COC(=O)C#CC(=O)OC.C[Si](C)(C)C#Cc1ccccc1N.[HH].[HH]. The van der Waals surface area contributed by atoms with E-state index in [1.807, 2.05) is 54.3 Å². The third-order valence-electron chi connectivity index (χ3n) is 4.81. The van der Waals surface area contributed by atoms with Crippen molar-refractivity contribution in [3.63, 3.8) is 0 Å². The highest BCUT2D eigenvalue weighted by atomic mass is 28.3. The van der Waals surface area contributed by atoms with Gasteiger partial charge in [0.05, 0.1) is 40.2 Å². The number of esters is 4. The summed E-state index contributed by atoms with van der Waals surface area (Å²) < 4.78 is 17.5. The number of nitrogens with one attached hydrogen (secondary N) is 1. The van der Waals surface area contributed by atoms with Gasteiger partial charge in [-0.1, -0.05) is 82.8 Å². The summed E-state index contributed by atoms with van der Waals surface area (Å²) in [6.07, 6.45) is 1.05. The van der Waals surface area contributed by atoms with Crippen molar-refractivity contribution in [3.8, 4) is 34.8 Å². The maximum atomic E-state index is 11.8. The molecule has 2 aromatic carbocycles. The van der Waals surface area contributed by atoms with Crippen molar-refractivity contribution in [2.45, 2.75) is 46.7 Å². The van der Waals surface area contributed by atoms with Crippen molar-refractivity contribution < 1.29 is 41.0 Å². The van der Waals surface area contributed by atoms with Crippen molar-refractivity contribution in [3.05, 3.63) is 71.4 Å². The minimum Gasteiger partial charge on any atom is -0.466 e. The fourth-order valence-electron chi connectivity index (χ4n) is 2.60. The molecule has 0 unspecified atom stereocenters. The van der Waals surface area contributed by atoms with Gasteiger partial charge in [-0.2, -0.15) is 0 Å². The van der Waals surface area contributed by atoms with Crippen LogP contribution in [0.2, 0.25) is 39.3 Å². The van der Waals surface area contributed by atoms with E-state index in [0.29, 0.717) is 5.69 Å². The van der Waals surface area contributed by atoms with Gasteiger partial charge < -0.3 is 30.0 Å². The Morgan fingerprint density at radius 2 is 1.15 bits per heavy atom. The van der Waals surface area contributed by atoms with E-state index in [0.717, 1.165) is 22.9 Å². The van der Waals surface area contributed by atoms with Gasteiger partial charge in [-0.25, -0.2) is 19.2 Å². The summed E-state index contributed by atoms with van der Waals surface area (Å²) in [5.41, 5.74) is 15.4. The van der Waals surface area contributed by atoms with Gasteiger partial charge in [0, 0.05) is 31.5 Å². The van der Waals surface area contributed by atoms with Crippen molar-refractivity contribution in [2.75, 3.05) is 39.5 Å². The molecule has 0 spiro atoms. The van der Waals surface area contributed by atoms with E-state index in [1.165, 1.54) is 28.4 Å². The number of hydrogen-bond donors (Lipinski definition) is 2. The van der Waals surface area contributed by atoms with Crippen LogP contribution in [0.4, 0.5) is 11.4 Å². The molecule has 0 fully saturated rings. The topological polar surface area (TPSA) is 143 Å². The summed E-state index contributed by atoms with van der Waals surface area (Å²) in [5, 5.41) is 2.90. The fraction of sp³-hybridized carbons (Fsp3) is 0.314. The van der Waals surface area contributed by atoms with Crippen molar-refractivity contribution in [1.29, 1.82) is 0 Å². The van der Waals surface area contributed by atoms with E-state index in [9.17, 15) is 19.2 Å². The average molecular weight is 683 g/mol. The zero-order valence-electron chi connectivity index (χ0n) is 28.0. The van der Waals surface area contributed by atoms with Crippen LogP contribution >= 0.6 is 0 Å². The minimum absolute atomic E-state index is 0.